The molecule has 0 nitrogen and oxygen atoms in total. The summed E-state index contributed by atoms with van der Waals surface area (Å²) >= 11 is 0. The Balaban J connectivity index is -0.000000369. The number of benzene rings is 4. The van der Waals surface area contributed by atoms with Crippen molar-refractivity contribution in [3.63, 3.8) is 0 Å². The van der Waals surface area contributed by atoms with Gasteiger partial charge in [0, 0.05) is 0 Å². The van der Waals surface area contributed by atoms with Crippen molar-refractivity contribution in [3.8, 4) is 0 Å². The maximum atomic E-state index is 3.01. The zero-order valence-electron chi connectivity index (χ0n) is 20.5. The minimum absolute atomic E-state index is 0. The zero-order valence-corrected chi connectivity index (χ0v) is 24.5. The van der Waals surface area contributed by atoms with Crippen molar-refractivity contribution in [3.05, 3.63) is 194 Å². The van der Waals surface area contributed by atoms with E-state index in [0.29, 0.717) is 0 Å². The van der Waals surface area contributed by atoms with E-state index in [1.165, 1.54) is 0 Å². The van der Waals surface area contributed by atoms with Crippen LogP contribution in [-0.4, -0.2) is 0 Å². The van der Waals surface area contributed by atoms with Crippen LogP contribution in [0.1, 0.15) is 6.42 Å². The molecule has 0 fully saturated rings. The molecule has 0 spiro atoms. The molecule has 1 aromatic heterocycles. The third-order valence-electron chi connectivity index (χ3n) is 3.46. The maximum Gasteiger partial charge on any atom is 2.00 e. The van der Waals surface area contributed by atoms with Gasteiger partial charge >= 0.3 is 21.7 Å². The molecule has 37 heavy (non-hydrogen) atoms. The third-order valence-corrected chi connectivity index (χ3v) is 4.15. The van der Waals surface area contributed by atoms with Crippen LogP contribution < -0.4 is 24.8 Å². The van der Waals surface area contributed by atoms with E-state index < -0.39 is 0 Å². The second-order valence-corrected chi connectivity index (χ2v) is 7.04. The van der Waals surface area contributed by atoms with Crippen LogP contribution in [0.4, 0.5) is 0 Å². The van der Waals surface area contributed by atoms with Crippen LogP contribution in [0, 0.1) is 36.1 Å². The fraction of sp³-hybridized carbons (Fsp3) is 0.0303. The first-order valence-corrected chi connectivity index (χ1v) is 11.9. The van der Waals surface area contributed by atoms with E-state index in [9.17, 15) is 0 Å². The van der Waals surface area contributed by atoms with Crippen LogP contribution in [-0.2, 0) is 21.7 Å². The van der Waals surface area contributed by atoms with Gasteiger partial charge in [-0.15, -0.1) is 6.42 Å². The van der Waals surface area contributed by atoms with Gasteiger partial charge in [0.25, 0.3) is 0 Å². The predicted molar refractivity (Wildman–Crippen MR) is 147 cm³/mol. The summed E-state index contributed by atoms with van der Waals surface area (Å²) in [5, 5.41) is 0. The van der Waals surface area contributed by atoms with Crippen molar-refractivity contribution in [2.24, 2.45) is 0 Å². The largest absolute Gasteiger partial charge is 2.00 e. The number of allylic oxidation sites excluding steroid dienone is 4. The van der Waals surface area contributed by atoms with E-state index in [1.54, 1.807) is 0 Å². The molecule has 0 saturated heterocycles. The number of hydrogen-bond acceptors (Lipinski definition) is 0. The molecule has 6 rings (SSSR count). The standard InChI is InChI=1S/4C6H5.C5H5.C4H4P.2ClH.Ti/c4*1-2-4-6-5-3-1;2*1-2-4-5-3-1;;;/h4*1-5H;1-3H,4H2;1-3,5H;2*1H;/q6*-1;;;+2/p-2. The maximum absolute atomic E-state index is 3.01. The van der Waals surface area contributed by atoms with E-state index in [0.717, 1.165) is 14.6 Å². The molecule has 0 bridgehead atoms. The Hall–Kier alpha value is -2.57. The molecule has 4 aromatic carbocycles. The Morgan fingerprint density at radius 2 is 0.838 bits per heavy atom. The summed E-state index contributed by atoms with van der Waals surface area (Å²) in [6.45, 7) is 0. The Morgan fingerprint density at radius 1 is 0.459 bits per heavy atom. The third kappa shape index (κ3) is 33.4. The number of rotatable bonds is 0. The second kappa shape index (κ2) is 35.6. The Bertz CT molecular complexity index is 749. The SMILES string of the molecule is [C-]1=CC=CC1.[Cl-].[Cl-].[Ti+2].[c-]1ccc[pH]1.[c-]1ccccc1.[c-]1ccccc1.[c-]1ccccc1.[c-]1ccccc1. The van der Waals surface area contributed by atoms with Crippen LogP contribution in [0.2, 0.25) is 0 Å². The molecule has 1 unspecified atom stereocenters. The number of hydrogen-bond donors (Lipinski definition) is 0. The molecule has 0 N–H and O–H groups in total. The van der Waals surface area contributed by atoms with E-state index in [1.807, 2.05) is 146 Å². The van der Waals surface area contributed by atoms with Crippen LogP contribution >= 0.6 is 8.19 Å². The Morgan fingerprint density at radius 3 is 0.919 bits per heavy atom. The van der Waals surface area contributed by atoms with Crippen molar-refractivity contribution in [1.82, 2.24) is 0 Å². The van der Waals surface area contributed by atoms with Gasteiger partial charge in [-0.25, -0.2) is 18.2 Å². The van der Waals surface area contributed by atoms with Crippen molar-refractivity contribution in [2.45, 2.75) is 6.42 Å². The summed E-state index contributed by atoms with van der Waals surface area (Å²) in [7, 11) is 0.823. The molecule has 0 amide bonds. The van der Waals surface area contributed by atoms with Gasteiger partial charge in [-0.1, -0.05) is 0 Å². The molecule has 190 valence electrons. The first-order chi connectivity index (χ1) is 17.0. The molecule has 0 aliphatic heterocycles. The molecular weight excluding hydrogens is 546 g/mol. The normalized spacial score (nSPS) is 8.86. The summed E-state index contributed by atoms with van der Waals surface area (Å²) in [5.74, 6) is 5.11. The first-order valence-electron chi connectivity index (χ1n) is 10.9. The van der Waals surface area contributed by atoms with Gasteiger partial charge < -0.3 is 24.8 Å². The fourth-order valence-corrected chi connectivity index (χ4v) is 2.43. The van der Waals surface area contributed by atoms with Gasteiger partial charge in [0.15, 0.2) is 0 Å². The van der Waals surface area contributed by atoms with Crippen LogP contribution in [0.15, 0.2) is 157 Å². The van der Waals surface area contributed by atoms with Crippen molar-refractivity contribution in [2.75, 3.05) is 0 Å². The molecular formula is C33H29Cl2PTi-6. The fourth-order valence-electron chi connectivity index (χ4n) is 1.95. The van der Waals surface area contributed by atoms with Gasteiger partial charge in [0.2, 0.25) is 0 Å². The molecule has 0 saturated carbocycles. The summed E-state index contributed by atoms with van der Waals surface area (Å²) in [6.07, 6.45) is 10.0. The minimum Gasteiger partial charge on any atom is -1.00 e. The molecule has 0 radical (unpaired) electrons. The van der Waals surface area contributed by atoms with Crippen LogP contribution in [0.25, 0.3) is 0 Å². The summed E-state index contributed by atoms with van der Waals surface area (Å²) in [6, 6.07) is 54.0. The topological polar surface area (TPSA) is 0 Å². The summed E-state index contributed by atoms with van der Waals surface area (Å²) in [4.78, 5) is 0. The zero-order chi connectivity index (χ0) is 24.0. The van der Waals surface area contributed by atoms with Crippen molar-refractivity contribution in [1.29, 1.82) is 0 Å². The molecule has 1 aliphatic carbocycles. The average molecular weight is 575 g/mol. The van der Waals surface area contributed by atoms with Gasteiger partial charge in [-0.05, 0) is 0 Å². The quantitative estimate of drug-likeness (QED) is 0.197. The predicted octanol–water partition coefficient (Wildman–Crippen LogP) is 2.78. The molecule has 1 aliphatic rings. The smallest absolute Gasteiger partial charge is 1.00 e. The van der Waals surface area contributed by atoms with Crippen LogP contribution in [0.3, 0.4) is 0 Å². The van der Waals surface area contributed by atoms with Crippen LogP contribution in [0.5, 0.6) is 0 Å². The second-order valence-electron chi connectivity index (χ2n) is 6.13. The summed E-state index contributed by atoms with van der Waals surface area (Å²) < 4.78 is 0. The van der Waals surface area contributed by atoms with E-state index >= 15 is 0 Å². The van der Waals surface area contributed by atoms with Gasteiger partial charge in [-0.2, -0.15) is 169 Å². The van der Waals surface area contributed by atoms with Gasteiger partial charge in [0.05, 0.1) is 0 Å². The van der Waals surface area contributed by atoms with Crippen molar-refractivity contribution >= 4 is 8.19 Å². The molecule has 1 atom stereocenters. The van der Waals surface area contributed by atoms with Crippen molar-refractivity contribution < 1.29 is 46.5 Å². The minimum atomic E-state index is 0. The van der Waals surface area contributed by atoms with E-state index in [-0.39, 0.29) is 46.5 Å². The average Bonchev–Trinajstić information content (AvgIpc) is 3.74. The number of halogens is 2. The molecule has 4 heteroatoms. The molecule has 5 aromatic rings. The van der Waals surface area contributed by atoms with Gasteiger partial charge in [0.1, 0.15) is 0 Å². The molecule has 1 heterocycles. The Kier molecular flexibility index (Phi) is 37.5. The summed E-state index contributed by atoms with van der Waals surface area (Å²) in [5.41, 5.74) is 0. The first kappa shape index (κ1) is 39.0. The van der Waals surface area contributed by atoms with E-state index in [4.69, 9.17) is 0 Å². The Labute approximate surface area is 253 Å². The monoisotopic (exact) mass is 574 g/mol. The van der Waals surface area contributed by atoms with Gasteiger partial charge in [-0.3, -0.25) is 14.3 Å². The van der Waals surface area contributed by atoms with E-state index in [2.05, 4.69) is 48.0 Å².